The second kappa shape index (κ2) is 12.1. The number of carbonyl (C=O) groups excluding carboxylic acids is 1. The molecule has 2 N–H and O–H groups in total. The molecular formula is C24H22Cl2F3N3O3. The number of esters is 1. The summed E-state index contributed by atoms with van der Waals surface area (Å²) in [5.41, 5.74) is 0.579. The van der Waals surface area contributed by atoms with Crippen LogP contribution in [0.3, 0.4) is 0 Å². The Bertz CT molecular complexity index is 1160. The fourth-order valence-corrected chi connectivity index (χ4v) is 3.40. The first kappa shape index (κ1) is 26.6. The first-order valence-electron chi connectivity index (χ1n) is 10.6. The Morgan fingerprint density at radius 1 is 1.03 bits per heavy atom. The van der Waals surface area contributed by atoms with Crippen molar-refractivity contribution >= 4 is 40.5 Å². The van der Waals surface area contributed by atoms with Crippen LogP contribution in [-0.2, 0) is 22.1 Å². The lowest BCUT2D eigenvalue weighted by atomic mass is 10.0. The highest BCUT2D eigenvalue weighted by molar-refractivity contribution is 6.42. The summed E-state index contributed by atoms with van der Waals surface area (Å²) in [4.78, 5) is 15.5. The fraction of sp³-hybridized carbons (Fsp3) is 0.250. The highest BCUT2D eigenvalue weighted by Crippen LogP contribution is 2.36. The van der Waals surface area contributed by atoms with Crippen LogP contribution in [0.2, 0.25) is 10.0 Å². The average molecular weight is 528 g/mol. The molecule has 0 aliphatic rings. The zero-order valence-electron chi connectivity index (χ0n) is 18.6. The largest absolute Gasteiger partial charge is 0.465 e. The van der Waals surface area contributed by atoms with Gasteiger partial charge in [-0.2, -0.15) is 13.2 Å². The second-order valence-corrected chi connectivity index (χ2v) is 8.10. The molecule has 0 bridgehead atoms. The Morgan fingerprint density at radius 2 is 1.80 bits per heavy atom. The third-order valence-electron chi connectivity index (χ3n) is 4.70. The first-order chi connectivity index (χ1) is 16.7. The van der Waals surface area contributed by atoms with E-state index in [9.17, 15) is 18.0 Å². The number of alkyl halides is 3. The number of carbonyl (C=O) groups is 1. The fourth-order valence-electron chi connectivity index (χ4n) is 3.10. The maximum absolute atomic E-state index is 13.6. The predicted molar refractivity (Wildman–Crippen MR) is 129 cm³/mol. The molecule has 3 rings (SSSR count). The molecule has 35 heavy (non-hydrogen) atoms. The van der Waals surface area contributed by atoms with Gasteiger partial charge in [0.25, 0.3) is 0 Å². The Labute approximate surface area is 210 Å². The van der Waals surface area contributed by atoms with Crippen LogP contribution in [0, 0.1) is 0 Å². The third-order valence-corrected chi connectivity index (χ3v) is 5.44. The van der Waals surface area contributed by atoms with E-state index in [1.165, 1.54) is 24.4 Å². The zero-order chi connectivity index (χ0) is 25.4. The quantitative estimate of drug-likeness (QED) is 0.227. The van der Waals surface area contributed by atoms with Gasteiger partial charge in [-0.3, -0.25) is 4.79 Å². The summed E-state index contributed by atoms with van der Waals surface area (Å²) in [6, 6.07) is 12.0. The lowest BCUT2D eigenvalue weighted by molar-refractivity contribution is -0.142. The molecule has 0 atom stereocenters. The molecule has 186 valence electrons. The Balaban J connectivity index is 1.65. The molecule has 1 heterocycles. The minimum Gasteiger partial charge on any atom is -0.465 e. The normalized spacial score (nSPS) is 11.3. The average Bonchev–Trinajstić information content (AvgIpc) is 2.81. The zero-order valence-corrected chi connectivity index (χ0v) is 20.1. The Morgan fingerprint density at radius 3 is 2.46 bits per heavy atom. The van der Waals surface area contributed by atoms with Crippen molar-refractivity contribution in [2.24, 2.45) is 0 Å². The van der Waals surface area contributed by atoms with Gasteiger partial charge in [0.1, 0.15) is 5.75 Å². The number of nitrogens with zero attached hydrogens (tertiary/aromatic N) is 1. The van der Waals surface area contributed by atoms with Gasteiger partial charge in [-0.05, 0) is 61.9 Å². The number of benzene rings is 2. The molecule has 11 heteroatoms. The number of anilines is 2. The topological polar surface area (TPSA) is 72.5 Å². The number of halogens is 5. The van der Waals surface area contributed by atoms with Crippen LogP contribution in [-0.4, -0.2) is 30.6 Å². The van der Waals surface area contributed by atoms with E-state index >= 15 is 0 Å². The van der Waals surface area contributed by atoms with Gasteiger partial charge in [0.05, 0.1) is 40.6 Å². The van der Waals surface area contributed by atoms with Gasteiger partial charge in [-0.15, -0.1) is 0 Å². The van der Waals surface area contributed by atoms with Crippen molar-refractivity contribution < 1.29 is 27.4 Å². The molecule has 0 saturated heterocycles. The molecule has 0 aliphatic carbocycles. The Hall–Kier alpha value is -3.01. The maximum Gasteiger partial charge on any atom is 0.416 e. The van der Waals surface area contributed by atoms with Crippen LogP contribution in [0.1, 0.15) is 18.1 Å². The second-order valence-electron chi connectivity index (χ2n) is 7.29. The number of rotatable bonds is 10. The molecule has 1 aromatic heterocycles. The highest BCUT2D eigenvalue weighted by Gasteiger charge is 2.33. The molecule has 0 saturated carbocycles. The predicted octanol–water partition coefficient (Wildman–Crippen LogP) is 6.64. The van der Waals surface area contributed by atoms with E-state index in [0.717, 1.165) is 6.07 Å². The number of pyridine rings is 1. The van der Waals surface area contributed by atoms with Crippen LogP contribution < -0.4 is 15.4 Å². The van der Waals surface area contributed by atoms with E-state index in [1.807, 2.05) is 0 Å². The van der Waals surface area contributed by atoms with Crippen molar-refractivity contribution in [1.82, 2.24) is 10.3 Å². The van der Waals surface area contributed by atoms with E-state index < -0.39 is 17.7 Å². The van der Waals surface area contributed by atoms with E-state index in [-0.39, 0.29) is 43.3 Å². The minimum atomic E-state index is -4.57. The summed E-state index contributed by atoms with van der Waals surface area (Å²) >= 11 is 11.9. The third kappa shape index (κ3) is 8.02. The van der Waals surface area contributed by atoms with Crippen LogP contribution in [0.5, 0.6) is 11.6 Å². The van der Waals surface area contributed by atoms with Crippen LogP contribution in [0.25, 0.3) is 0 Å². The summed E-state index contributed by atoms with van der Waals surface area (Å²) in [7, 11) is 0. The van der Waals surface area contributed by atoms with Gasteiger partial charge in [-0.1, -0.05) is 29.3 Å². The number of ether oxygens (including phenoxy) is 2. The van der Waals surface area contributed by atoms with E-state index in [4.69, 9.17) is 32.7 Å². The monoisotopic (exact) mass is 527 g/mol. The van der Waals surface area contributed by atoms with Crippen LogP contribution in [0.15, 0.2) is 54.7 Å². The molecular weight excluding hydrogens is 506 g/mol. The van der Waals surface area contributed by atoms with Crippen molar-refractivity contribution in [2.45, 2.75) is 19.5 Å². The van der Waals surface area contributed by atoms with E-state index in [1.54, 1.807) is 31.2 Å². The van der Waals surface area contributed by atoms with Crippen LogP contribution >= 0.6 is 23.2 Å². The van der Waals surface area contributed by atoms with Gasteiger partial charge < -0.3 is 20.1 Å². The molecule has 2 aromatic carbocycles. The van der Waals surface area contributed by atoms with E-state index in [2.05, 4.69) is 15.6 Å². The molecule has 0 amide bonds. The van der Waals surface area contributed by atoms with Gasteiger partial charge in [0.15, 0.2) is 0 Å². The summed E-state index contributed by atoms with van der Waals surface area (Å²) < 4.78 is 51.2. The number of aromatic nitrogens is 1. The molecule has 6 nitrogen and oxygen atoms in total. The van der Waals surface area contributed by atoms with Gasteiger partial charge in [0.2, 0.25) is 5.88 Å². The SMILES string of the molecule is CCOC(=O)CNCCc1ccc(Oc2ccc(Nc3ccc(Cl)c(Cl)c3)cn2)cc1C(F)(F)F. The molecule has 3 aromatic rings. The maximum atomic E-state index is 13.6. The standard InChI is InChI=1S/C24H22Cl2F3N3O3/c1-2-34-23(33)14-30-10-9-15-3-6-18(12-19(15)24(27,28)29)35-22-8-5-17(13-31-22)32-16-4-7-20(25)21(26)11-16/h3-8,11-13,30,32H,2,9-10,14H2,1H3. The lowest BCUT2D eigenvalue weighted by Crippen LogP contribution is -2.27. The van der Waals surface area contributed by atoms with Crippen molar-refractivity contribution in [2.75, 3.05) is 25.0 Å². The van der Waals surface area contributed by atoms with Crippen molar-refractivity contribution in [3.05, 3.63) is 75.9 Å². The van der Waals surface area contributed by atoms with Crippen molar-refractivity contribution in [1.29, 1.82) is 0 Å². The lowest BCUT2D eigenvalue weighted by Gasteiger charge is -2.15. The van der Waals surface area contributed by atoms with Gasteiger partial charge in [0, 0.05) is 11.8 Å². The summed E-state index contributed by atoms with van der Waals surface area (Å²) in [6.07, 6.45) is -3.02. The number of nitrogens with one attached hydrogen (secondary N) is 2. The van der Waals surface area contributed by atoms with Crippen LogP contribution in [0.4, 0.5) is 24.5 Å². The van der Waals surface area contributed by atoms with Crippen molar-refractivity contribution in [3.8, 4) is 11.6 Å². The summed E-state index contributed by atoms with van der Waals surface area (Å²) in [5, 5.41) is 6.69. The van der Waals surface area contributed by atoms with Gasteiger partial charge >= 0.3 is 12.1 Å². The smallest absolute Gasteiger partial charge is 0.416 e. The number of hydrogen-bond donors (Lipinski definition) is 2. The molecule has 0 spiro atoms. The molecule has 0 aliphatic heterocycles. The van der Waals surface area contributed by atoms with E-state index in [0.29, 0.717) is 21.4 Å². The minimum absolute atomic E-state index is 0.00162. The molecule has 0 radical (unpaired) electrons. The summed E-state index contributed by atoms with van der Waals surface area (Å²) in [6.45, 7) is 2.02. The first-order valence-corrected chi connectivity index (χ1v) is 11.3. The Kier molecular flexibility index (Phi) is 9.20. The highest BCUT2D eigenvalue weighted by atomic mass is 35.5. The van der Waals surface area contributed by atoms with Gasteiger partial charge in [-0.25, -0.2) is 4.98 Å². The van der Waals surface area contributed by atoms with Crippen molar-refractivity contribution in [3.63, 3.8) is 0 Å². The molecule has 0 unspecified atom stereocenters. The summed E-state index contributed by atoms with van der Waals surface area (Å²) in [5.74, 6) is -0.335. The number of hydrogen-bond acceptors (Lipinski definition) is 6. The molecule has 0 fully saturated rings.